The molecule has 2 rings (SSSR count). The van der Waals surface area contributed by atoms with Crippen LogP contribution in [-0.2, 0) is 0 Å². The number of para-hydroxylation sites is 1. The van der Waals surface area contributed by atoms with E-state index < -0.39 is 5.91 Å². The number of hydrogen-bond donors (Lipinski definition) is 3. The van der Waals surface area contributed by atoms with Crippen LogP contribution in [0.3, 0.4) is 0 Å². The molecule has 0 atom stereocenters. The molecule has 0 heterocycles. The van der Waals surface area contributed by atoms with Gasteiger partial charge < -0.3 is 15.4 Å². The second-order valence-electron chi connectivity index (χ2n) is 7.41. The van der Waals surface area contributed by atoms with E-state index in [1.165, 1.54) is 0 Å². The molecule has 0 radical (unpaired) electrons. The number of benzene rings is 2. The summed E-state index contributed by atoms with van der Waals surface area (Å²) in [5.41, 5.74) is 1.34. The molecule has 0 fully saturated rings. The highest BCUT2D eigenvalue weighted by Gasteiger charge is 2.17. The summed E-state index contributed by atoms with van der Waals surface area (Å²) >= 11 is 8.71. The first-order valence-corrected chi connectivity index (χ1v) is 11.4. The van der Waals surface area contributed by atoms with Gasteiger partial charge in [0.05, 0.1) is 23.4 Å². The average Bonchev–Trinajstić information content (AvgIpc) is 2.73. The van der Waals surface area contributed by atoms with Crippen molar-refractivity contribution in [3.63, 3.8) is 0 Å². The van der Waals surface area contributed by atoms with Crippen molar-refractivity contribution in [2.75, 3.05) is 18.5 Å². The van der Waals surface area contributed by atoms with Gasteiger partial charge in [-0.1, -0.05) is 55.3 Å². The topological polar surface area (TPSA) is 79.5 Å². The molecule has 0 bridgehead atoms. The van der Waals surface area contributed by atoms with Crippen LogP contribution in [0.1, 0.15) is 54.3 Å². The van der Waals surface area contributed by atoms with Gasteiger partial charge >= 0.3 is 0 Å². The maximum Gasteiger partial charge on any atom is 0.261 e. The van der Waals surface area contributed by atoms with E-state index in [1.807, 2.05) is 19.9 Å². The third kappa shape index (κ3) is 7.95. The summed E-state index contributed by atoms with van der Waals surface area (Å²) in [6.45, 7) is 7.23. The van der Waals surface area contributed by atoms with Crippen molar-refractivity contribution in [3.05, 3.63) is 58.1 Å². The lowest BCUT2D eigenvalue weighted by molar-refractivity contribution is 0.0951. The van der Waals surface area contributed by atoms with Crippen molar-refractivity contribution < 1.29 is 14.3 Å². The van der Waals surface area contributed by atoms with Gasteiger partial charge in [-0.25, -0.2) is 0 Å². The predicted molar refractivity (Wildman–Crippen MR) is 132 cm³/mol. The van der Waals surface area contributed by atoms with E-state index >= 15 is 0 Å². The zero-order valence-electron chi connectivity index (χ0n) is 18.0. The normalized spacial score (nSPS) is 10.5. The van der Waals surface area contributed by atoms with Crippen molar-refractivity contribution in [1.82, 2.24) is 10.6 Å². The molecule has 0 saturated heterocycles. The fourth-order valence-electron chi connectivity index (χ4n) is 2.65. The highest BCUT2D eigenvalue weighted by molar-refractivity contribution is 9.10. The molecule has 31 heavy (non-hydrogen) atoms. The number of nitrogens with one attached hydrogen (secondary N) is 3. The van der Waals surface area contributed by atoms with Gasteiger partial charge in [0, 0.05) is 11.0 Å². The Kier molecular flexibility index (Phi) is 9.94. The first kappa shape index (κ1) is 24.8. The summed E-state index contributed by atoms with van der Waals surface area (Å²) < 4.78 is 6.53. The Hall–Kier alpha value is -2.45. The first-order chi connectivity index (χ1) is 14.8. The molecular weight excluding hydrogens is 478 g/mol. The van der Waals surface area contributed by atoms with Crippen LogP contribution in [0.5, 0.6) is 5.75 Å². The number of carbonyl (C=O) groups is 2. The molecule has 0 aliphatic carbocycles. The van der Waals surface area contributed by atoms with Crippen LogP contribution in [0.25, 0.3) is 0 Å². The Labute approximate surface area is 197 Å². The lowest BCUT2D eigenvalue weighted by Crippen LogP contribution is -2.35. The second kappa shape index (κ2) is 12.4. The zero-order chi connectivity index (χ0) is 22.8. The Balaban J connectivity index is 2.09. The monoisotopic (exact) mass is 505 g/mol. The van der Waals surface area contributed by atoms with Gasteiger partial charge in [0.1, 0.15) is 5.75 Å². The standard InChI is InChI=1S/C23H28BrN3O3S/c1-4-5-12-25-21(28)17-8-6-7-9-19(17)26-23(31)27-22(29)18-13-16(24)10-11-20(18)30-14-15(2)3/h6-11,13,15H,4-5,12,14H2,1-3H3,(H,25,28)(H2,26,27,29,31). The number of carbonyl (C=O) groups excluding carboxylic acids is 2. The number of unbranched alkanes of at least 4 members (excludes halogenated alkanes) is 1. The first-order valence-electron chi connectivity index (χ1n) is 10.2. The van der Waals surface area contributed by atoms with Crippen molar-refractivity contribution in [3.8, 4) is 5.75 Å². The minimum atomic E-state index is -0.401. The van der Waals surface area contributed by atoms with Crippen molar-refractivity contribution >= 4 is 50.8 Å². The molecule has 2 amide bonds. The molecule has 2 aromatic rings. The molecule has 2 aromatic carbocycles. The van der Waals surface area contributed by atoms with Crippen LogP contribution in [-0.4, -0.2) is 30.1 Å². The van der Waals surface area contributed by atoms with E-state index in [4.69, 9.17) is 17.0 Å². The Morgan fingerprint density at radius 1 is 1.10 bits per heavy atom. The smallest absolute Gasteiger partial charge is 0.261 e. The van der Waals surface area contributed by atoms with Crippen molar-refractivity contribution in [2.24, 2.45) is 5.92 Å². The quantitative estimate of drug-likeness (QED) is 0.324. The second-order valence-corrected chi connectivity index (χ2v) is 8.73. The maximum atomic E-state index is 12.8. The van der Waals surface area contributed by atoms with Crippen LogP contribution in [0.2, 0.25) is 0 Å². The number of thiocarbonyl (C=S) groups is 1. The fourth-order valence-corrected chi connectivity index (χ4v) is 3.21. The van der Waals surface area contributed by atoms with Gasteiger partial charge in [-0.2, -0.15) is 0 Å². The third-order valence-corrected chi connectivity index (χ3v) is 4.92. The molecule has 0 aromatic heterocycles. The van der Waals surface area contributed by atoms with Gasteiger partial charge in [0.15, 0.2) is 5.11 Å². The van der Waals surface area contributed by atoms with Crippen LogP contribution in [0.15, 0.2) is 46.9 Å². The summed E-state index contributed by atoms with van der Waals surface area (Å²) in [6.07, 6.45) is 1.90. The number of rotatable bonds is 9. The van der Waals surface area contributed by atoms with Crippen molar-refractivity contribution in [1.29, 1.82) is 0 Å². The van der Waals surface area contributed by atoms with Crippen LogP contribution < -0.4 is 20.7 Å². The molecule has 0 aliphatic rings. The minimum absolute atomic E-state index is 0.0913. The SMILES string of the molecule is CCCCNC(=O)c1ccccc1NC(=S)NC(=O)c1cc(Br)ccc1OCC(C)C. The van der Waals surface area contributed by atoms with E-state index in [9.17, 15) is 9.59 Å². The Bertz CT molecular complexity index is 934. The summed E-state index contributed by atoms with van der Waals surface area (Å²) in [6, 6.07) is 12.3. The molecule has 0 spiro atoms. The maximum absolute atomic E-state index is 12.8. The predicted octanol–water partition coefficient (Wildman–Crippen LogP) is 5.14. The lowest BCUT2D eigenvalue weighted by atomic mass is 10.1. The summed E-state index contributed by atoms with van der Waals surface area (Å²) in [5.74, 6) is 0.208. The molecule has 0 unspecified atom stereocenters. The number of ether oxygens (including phenoxy) is 1. The van der Waals surface area contributed by atoms with E-state index in [0.29, 0.717) is 41.6 Å². The largest absolute Gasteiger partial charge is 0.492 e. The highest BCUT2D eigenvalue weighted by Crippen LogP contribution is 2.24. The van der Waals surface area contributed by atoms with Gasteiger partial charge in [0.2, 0.25) is 0 Å². The number of anilines is 1. The zero-order valence-corrected chi connectivity index (χ0v) is 20.4. The number of halogens is 1. The molecule has 166 valence electrons. The summed E-state index contributed by atoms with van der Waals surface area (Å²) in [5, 5.41) is 8.60. The van der Waals surface area contributed by atoms with E-state index in [0.717, 1.165) is 17.3 Å². The van der Waals surface area contributed by atoms with Crippen molar-refractivity contribution in [2.45, 2.75) is 33.6 Å². The van der Waals surface area contributed by atoms with E-state index in [2.05, 4.69) is 38.8 Å². The Morgan fingerprint density at radius 2 is 1.84 bits per heavy atom. The Morgan fingerprint density at radius 3 is 2.55 bits per heavy atom. The minimum Gasteiger partial charge on any atom is -0.492 e. The third-order valence-electron chi connectivity index (χ3n) is 4.22. The van der Waals surface area contributed by atoms with Crippen LogP contribution in [0, 0.1) is 5.92 Å². The van der Waals surface area contributed by atoms with Crippen LogP contribution in [0.4, 0.5) is 5.69 Å². The molecule has 6 nitrogen and oxygen atoms in total. The lowest BCUT2D eigenvalue weighted by Gasteiger charge is -2.16. The van der Waals surface area contributed by atoms with Gasteiger partial charge in [-0.15, -0.1) is 0 Å². The summed E-state index contributed by atoms with van der Waals surface area (Å²) in [7, 11) is 0. The molecule has 8 heteroatoms. The number of amides is 2. The molecule has 3 N–H and O–H groups in total. The van der Waals surface area contributed by atoms with E-state index in [1.54, 1.807) is 36.4 Å². The fraction of sp³-hybridized carbons (Fsp3) is 0.348. The molecule has 0 saturated carbocycles. The molecular formula is C23H28BrN3O3S. The van der Waals surface area contributed by atoms with Gasteiger partial charge in [-0.3, -0.25) is 14.9 Å². The van der Waals surface area contributed by atoms with Crippen LogP contribution >= 0.6 is 28.1 Å². The van der Waals surface area contributed by atoms with Gasteiger partial charge in [0.25, 0.3) is 11.8 Å². The van der Waals surface area contributed by atoms with Gasteiger partial charge in [-0.05, 0) is 54.9 Å². The summed E-state index contributed by atoms with van der Waals surface area (Å²) in [4.78, 5) is 25.3. The highest BCUT2D eigenvalue weighted by atomic mass is 79.9. The number of hydrogen-bond acceptors (Lipinski definition) is 4. The average molecular weight is 506 g/mol. The van der Waals surface area contributed by atoms with E-state index in [-0.39, 0.29) is 11.0 Å². The molecule has 0 aliphatic heterocycles.